The lowest BCUT2D eigenvalue weighted by Gasteiger charge is -2.09. The van der Waals surface area contributed by atoms with E-state index in [2.05, 4.69) is 36.9 Å². The summed E-state index contributed by atoms with van der Waals surface area (Å²) in [6.07, 6.45) is 1.57. The summed E-state index contributed by atoms with van der Waals surface area (Å²) >= 11 is 6.64. The first kappa shape index (κ1) is 15.2. The van der Waals surface area contributed by atoms with Gasteiger partial charge in [-0.25, -0.2) is 0 Å². The van der Waals surface area contributed by atoms with Gasteiger partial charge in [-0.1, -0.05) is 46.3 Å². The fourth-order valence-electron chi connectivity index (χ4n) is 1.77. The van der Waals surface area contributed by atoms with E-state index < -0.39 is 0 Å². The van der Waals surface area contributed by atoms with Crippen LogP contribution < -0.4 is 0 Å². The van der Waals surface area contributed by atoms with Crippen molar-refractivity contribution in [3.63, 3.8) is 0 Å². The van der Waals surface area contributed by atoms with E-state index in [4.69, 9.17) is 0 Å². The predicted molar refractivity (Wildman–Crippen MR) is 87.4 cm³/mol. The van der Waals surface area contributed by atoms with Crippen molar-refractivity contribution in [2.75, 3.05) is 6.61 Å². The molecule has 0 saturated carbocycles. The molecule has 104 valence electrons. The second-order valence-electron chi connectivity index (χ2n) is 4.21. The molecule has 20 heavy (non-hydrogen) atoms. The molecule has 0 aliphatic rings. The van der Waals surface area contributed by atoms with Crippen LogP contribution in [-0.2, 0) is 0 Å². The number of aromatic hydroxyl groups is 1. The number of hydrogen-bond donors (Lipinski definition) is 2. The molecule has 3 nitrogen and oxygen atoms in total. The summed E-state index contributed by atoms with van der Waals surface area (Å²) in [5, 5.41) is 19.4. The molecule has 0 aliphatic carbocycles. The molecular formula is C15H13Br2NO2. The highest BCUT2D eigenvalue weighted by Gasteiger charge is 2.09. The van der Waals surface area contributed by atoms with Crippen LogP contribution in [0.25, 0.3) is 0 Å². The van der Waals surface area contributed by atoms with Gasteiger partial charge in [0.25, 0.3) is 0 Å². The standard InChI is InChI=1S/C15H13Br2NO2/c16-12-6-11(15(20)13(17)7-12)8-18-14(9-19)10-4-2-1-3-5-10/h1-8,14,19-20H,9H2/t14-/m0/s1. The summed E-state index contributed by atoms with van der Waals surface area (Å²) in [5.74, 6) is 0.127. The number of phenolic OH excluding ortho intramolecular Hbond substituents is 1. The summed E-state index contributed by atoms with van der Waals surface area (Å²) < 4.78 is 1.43. The normalized spacial score (nSPS) is 12.8. The summed E-state index contributed by atoms with van der Waals surface area (Å²) in [6, 6.07) is 12.7. The third-order valence-corrected chi connectivity index (χ3v) is 3.87. The number of rotatable bonds is 4. The molecule has 0 unspecified atom stereocenters. The lowest BCUT2D eigenvalue weighted by molar-refractivity contribution is 0.269. The average Bonchev–Trinajstić information content (AvgIpc) is 2.45. The van der Waals surface area contributed by atoms with Crippen molar-refractivity contribution in [2.24, 2.45) is 4.99 Å². The quantitative estimate of drug-likeness (QED) is 0.762. The van der Waals surface area contributed by atoms with Gasteiger partial charge >= 0.3 is 0 Å². The van der Waals surface area contributed by atoms with Crippen molar-refractivity contribution in [1.29, 1.82) is 0 Å². The van der Waals surface area contributed by atoms with Crippen molar-refractivity contribution in [3.8, 4) is 5.75 Å². The second kappa shape index (κ2) is 7.02. The van der Waals surface area contributed by atoms with Gasteiger partial charge in [-0.2, -0.15) is 0 Å². The Morgan fingerprint density at radius 1 is 1.15 bits per heavy atom. The zero-order valence-electron chi connectivity index (χ0n) is 10.5. The zero-order chi connectivity index (χ0) is 14.5. The van der Waals surface area contributed by atoms with Gasteiger partial charge in [-0.15, -0.1) is 0 Å². The Morgan fingerprint density at radius 2 is 1.85 bits per heavy atom. The molecule has 0 bridgehead atoms. The fourth-order valence-corrected chi connectivity index (χ4v) is 3.03. The van der Waals surface area contributed by atoms with Gasteiger partial charge in [0.2, 0.25) is 0 Å². The molecule has 0 aliphatic heterocycles. The average molecular weight is 399 g/mol. The maximum Gasteiger partial charge on any atom is 0.138 e. The van der Waals surface area contributed by atoms with Crippen LogP contribution in [0.1, 0.15) is 17.2 Å². The zero-order valence-corrected chi connectivity index (χ0v) is 13.7. The van der Waals surface area contributed by atoms with E-state index in [1.54, 1.807) is 18.3 Å². The number of benzene rings is 2. The van der Waals surface area contributed by atoms with Crippen LogP contribution in [0.4, 0.5) is 0 Å². The first-order valence-corrected chi connectivity index (χ1v) is 7.57. The van der Waals surface area contributed by atoms with Crippen LogP contribution in [0.2, 0.25) is 0 Å². The highest BCUT2D eigenvalue weighted by Crippen LogP contribution is 2.31. The molecule has 2 rings (SSSR count). The van der Waals surface area contributed by atoms with E-state index in [0.29, 0.717) is 10.0 Å². The van der Waals surface area contributed by atoms with Crippen LogP contribution in [-0.4, -0.2) is 23.0 Å². The third kappa shape index (κ3) is 3.69. The summed E-state index contributed by atoms with van der Waals surface area (Å²) in [6.45, 7) is -0.0869. The molecule has 0 aromatic heterocycles. The Bertz CT molecular complexity index is 615. The second-order valence-corrected chi connectivity index (χ2v) is 5.98. The van der Waals surface area contributed by atoms with Gasteiger partial charge in [0, 0.05) is 16.3 Å². The topological polar surface area (TPSA) is 52.8 Å². The van der Waals surface area contributed by atoms with E-state index in [-0.39, 0.29) is 18.4 Å². The Hall–Kier alpha value is -1.17. The maximum atomic E-state index is 9.96. The van der Waals surface area contributed by atoms with Crippen LogP contribution in [0.5, 0.6) is 5.75 Å². The van der Waals surface area contributed by atoms with E-state index >= 15 is 0 Å². The number of aliphatic imine (C=N–C) groups is 1. The fraction of sp³-hybridized carbons (Fsp3) is 0.133. The number of hydrogen-bond acceptors (Lipinski definition) is 3. The van der Waals surface area contributed by atoms with E-state index in [1.165, 1.54) is 0 Å². The highest BCUT2D eigenvalue weighted by molar-refractivity contribution is 9.11. The van der Waals surface area contributed by atoms with Crippen LogP contribution in [0, 0.1) is 0 Å². The molecule has 0 saturated heterocycles. The van der Waals surface area contributed by atoms with Gasteiger partial charge < -0.3 is 10.2 Å². The highest BCUT2D eigenvalue weighted by atomic mass is 79.9. The van der Waals surface area contributed by atoms with Crippen LogP contribution in [0.3, 0.4) is 0 Å². The van der Waals surface area contributed by atoms with Gasteiger partial charge in [-0.3, -0.25) is 4.99 Å². The molecule has 0 amide bonds. The lowest BCUT2D eigenvalue weighted by Crippen LogP contribution is -2.01. The maximum absolute atomic E-state index is 9.96. The van der Waals surface area contributed by atoms with E-state index in [0.717, 1.165) is 10.0 Å². The van der Waals surface area contributed by atoms with Gasteiger partial charge in [0.1, 0.15) is 5.75 Å². The monoisotopic (exact) mass is 397 g/mol. The van der Waals surface area contributed by atoms with Crippen molar-refractivity contribution < 1.29 is 10.2 Å². The molecule has 2 aromatic rings. The molecule has 5 heteroatoms. The molecule has 1 atom stereocenters. The van der Waals surface area contributed by atoms with Crippen molar-refractivity contribution >= 4 is 38.1 Å². The largest absolute Gasteiger partial charge is 0.506 e. The number of phenols is 1. The minimum atomic E-state index is -0.339. The van der Waals surface area contributed by atoms with Crippen molar-refractivity contribution in [1.82, 2.24) is 0 Å². The van der Waals surface area contributed by atoms with Crippen LogP contribution >= 0.6 is 31.9 Å². The molecule has 2 N–H and O–H groups in total. The SMILES string of the molecule is OC[C@H](N=Cc1cc(Br)cc(Br)c1O)c1ccccc1. The van der Waals surface area contributed by atoms with Crippen LogP contribution in [0.15, 0.2) is 56.4 Å². The molecule has 0 spiro atoms. The molecular weight excluding hydrogens is 386 g/mol. The van der Waals surface area contributed by atoms with E-state index in [1.807, 2.05) is 30.3 Å². The third-order valence-electron chi connectivity index (χ3n) is 2.81. The Kier molecular flexibility index (Phi) is 5.34. The summed E-state index contributed by atoms with van der Waals surface area (Å²) in [4.78, 5) is 4.35. The number of halogens is 2. The van der Waals surface area contributed by atoms with E-state index in [9.17, 15) is 10.2 Å². The summed E-state index contributed by atoms with van der Waals surface area (Å²) in [7, 11) is 0. The van der Waals surface area contributed by atoms with Gasteiger partial charge in [-0.05, 0) is 33.6 Å². The lowest BCUT2D eigenvalue weighted by atomic mass is 10.1. The molecule has 2 aromatic carbocycles. The minimum absolute atomic E-state index is 0.0869. The smallest absolute Gasteiger partial charge is 0.138 e. The molecule has 0 radical (unpaired) electrons. The van der Waals surface area contributed by atoms with Gasteiger partial charge in [0.15, 0.2) is 0 Å². The predicted octanol–water partition coefficient (Wildman–Crippen LogP) is 4.07. The molecule has 0 fully saturated rings. The summed E-state index contributed by atoms with van der Waals surface area (Å²) in [5.41, 5.74) is 1.51. The first-order valence-electron chi connectivity index (χ1n) is 5.99. The minimum Gasteiger partial charge on any atom is -0.506 e. The Labute approximate surface area is 134 Å². The molecule has 0 heterocycles. The first-order chi connectivity index (χ1) is 9.61. The van der Waals surface area contributed by atoms with Crippen molar-refractivity contribution in [3.05, 3.63) is 62.5 Å². The number of nitrogens with zero attached hydrogens (tertiary/aromatic N) is 1. The van der Waals surface area contributed by atoms with Gasteiger partial charge in [0.05, 0.1) is 17.1 Å². The Morgan fingerprint density at radius 3 is 2.50 bits per heavy atom. The number of aliphatic hydroxyl groups excluding tert-OH is 1. The number of aliphatic hydroxyl groups is 1. The van der Waals surface area contributed by atoms with Crippen molar-refractivity contribution in [2.45, 2.75) is 6.04 Å². The Balaban J connectivity index is 2.28.